The zero-order chi connectivity index (χ0) is 17.8. The molecule has 1 aliphatic rings. The van der Waals surface area contributed by atoms with Crippen molar-refractivity contribution < 1.29 is 4.74 Å². The molecule has 6 nitrogen and oxygen atoms in total. The monoisotopic (exact) mass is 366 g/mol. The zero-order valence-electron chi connectivity index (χ0n) is 14.6. The molecule has 1 aliphatic carbocycles. The Morgan fingerprint density at radius 1 is 1.27 bits per heavy atom. The minimum Gasteiger partial charge on any atom is -0.497 e. The summed E-state index contributed by atoms with van der Waals surface area (Å²) in [6, 6.07) is 7.45. The number of benzene rings is 1. The molecule has 0 bridgehead atoms. The maximum absolute atomic E-state index is 13.5. The van der Waals surface area contributed by atoms with E-state index in [4.69, 9.17) is 4.74 Å². The van der Waals surface area contributed by atoms with E-state index >= 15 is 0 Å². The van der Waals surface area contributed by atoms with Crippen molar-refractivity contribution in [2.75, 3.05) is 7.11 Å². The Labute approximate surface area is 153 Å². The lowest BCUT2D eigenvalue weighted by Gasteiger charge is -2.17. The lowest BCUT2D eigenvalue weighted by atomic mass is 9.89. The molecule has 7 heteroatoms. The van der Waals surface area contributed by atoms with Crippen LogP contribution in [0, 0.1) is 5.92 Å². The second-order valence-corrected chi connectivity index (χ2v) is 7.96. The van der Waals surface area contributed by atoms with E-state index in [0.29, 0.717) is 11.7 Å². The van der Waals surface area contributed by atoms with Crippen molar-refractivity contribution in [2.24, 2.45) is 5.92 Å². The van der Waals surface area contributed by atoms with Crippen molar-refractivity contribution in [1.29, 1.82) is 0 Å². The second kappa shape index (κ2) is 5.67. The molecule has 0 aliphatic heterocycles. The highest BCUT2D eigenvalue weighted by atomic mass is 32.1. The first-order valence-electron chi connectivity index (χ1n) is 8.71. The van der Waals surface area contributed by atoms with Gasteiger partial charge in [-0.25, -0.2) is 4.57 Å². The minimum absolute atomic E-state index is 0.0160. The van der Waals surface area contributed by atoms with Gasteiger partial charge in [-0.15, -0.1) is 21.5 Å². The third-order valence-corrected chi connectivity index (χ3v) is 6.44. The molecule has 0 spiro atoms. The third-order valence-electron chi connectivity index (χ3n) is 5.19. The Kier molecular flexibility index (Phi) is 3.40. The predicted octanol–water partition coefficient (Wildman–Crippen LogP) is 3.23. The number of aryl methyl sites for hydroxylation is 1. The van der Waals surface area contributed by atoms with Crippen LogP contribution in [0.5, 0.6) is 5.75 Å². The molecular formula is C19H18N4O2S. The van der Waals surface area contributed by atoms with Crippen molar-refractivity contribution in [2.45, 2.75) is 26.2 Å². The molecule has 4 aromatic rings. The first-order valence-corrected chi connectivity index (χ1v) is 9.52. The number of hydrogen-bond acceptors (Lipinski definition) is 5. The summed E-state index contributed by atoms with van der Waals surface area (Å²) in [5.41, 5.74) is 1.96. The van der Waals surface area contributed by atoms with Crippen molar-refractivity contribution in [3.05, 3.63) is 51.4 Å². The van der Waals surface area contributed by atoms with Crippen molar-refractivity contribution >= 4 is 27.3 Å². The summed E-state index contributed by atoms with van der Waals surface area (Å²) >= 11 is 1.71. The Bertz CT molecular complexity index is 1190. The van der Waals surface area contributed by atoms with Crippen molar-refractivity contribution in [1.82, 2.24) is 19.2 Å². The van der Waals surface area contributed by atoms with Gasteiger partial charge in [-0.3, -0.25) is 9.20 Å². The number of nitrogens with zero attached hydrogens (tertiary/aromatic N) is 4. The molecule has 1 atom stereocenters. The summed E-state index contributed by atoms with van der Waals surface area (Å²) in [7, 11) is 1.63. The van der Waals surface area contributed by atoms with Crippen molar-refractivity contribution in [3.8, 4) is 11.4 Å². The molecular weight excluding hydrogens is 348 g/mol. The van der Waals surface area contributed by atoms with Gasteiger partial charge in [0.15, 0.2) is 0 Å². The topological polar surface area (TPSA) is 61.4 Å². The maximum Gasteiger partial charge on any atom is 0.268 e. The number of ether oxygens (including phenoxy) is 1. The minimum atomic E-state index is -0.0160. The van der Waals surface area contributed by atoms with Gasteiger partial charge >= 0.3 is 0 Å². The maximum atomic E-state index is 13.5. The highest BCUT2D eigenvalue weighted by molar-refractivity contribution is 7.18. The van der Waals surface area contributed by atoms with Crippen LogP contribution in [0.1, 0.15) is 23.8 Å². The highest BCUT2D eigenvalue weighted by Gasteiger charge is 2.25. The molecule has 0 saturated carbocycles. The smallest absolute Gasteiger partial charge is 0.268 e. The fourth-order valence-electron chi connectivity index (χ4n) is 3.82. The second-order valence-electron chi connectivity index (χ2n) is 6.87. The van der Waals surface area contributed by atoms with E-state index in [1.807, 2.05) is 28.7 Å². The lowest BCUT2D eigenvalue weighted by Crippen LogP contribution is -2.22. The van der Waals surface area contributed by atoms with Crippen LogP contribution in [0.2, 0.25) is 0 Å². The number of aromatic nitrogens is 4. The van der Waals surface area contributed by atoms with E-state index in [1.54, 1.807) is 29.3 Å². The number of hydrogen-bond donors (Lipinski definition) is 0. The summed E-state index contributed by atoms with van der Waals surface area (Å²) in [6.07, 6.45) is 4.83. The molecule has 3 heterocycles. The zero-order valence-corrected chi connectivity index (χ0v) is 15.4. The number of methoxy groups -OCH3 is 1. The van der Waals surface area contributed by atoms with Crippen LogP contribution >= 0.6 is 11.3 Å². The molecule has 0 saturated heterocycles. The van der Waals surface area contributed by atoms with Gasteiger partial charge in [0.1, 0.15) is 16.9 Å². The first-order chi connectivity index (χ1) is 12.7. The van der Waals surface area contributed by atoms with Gasteiger partial charge in [0.25, 0.3) is 5.56 Å². The largest absolute Gasteiger partial charge is 0.497 e. The van der Waals surface area contributed by atoms with E-state index in [0.717, 1.165) is 40.9 Å². The number of thiophene rings is 1. The van der Waals surface area contributed by atoms with Crippen LogP contribution in [0.3, 0.4) is 0 Å². The van der Waals surface area contributed by atoms with Gasteiger partial charge in [0, 0.05) is 4.88 Å². The molecule has 0 N–H and O–H groups in total. The summed E-state index contributed by atoms with van der Waals surface area (Å²) in [5.74, 6) is 1.96. The van der Waals surface area contributed by atoms with Gasteiger partial charge in [-0.05, 0) is 55.0 Å². The SMILES string of the molecule is COc1ccc(-n2c(=O)c3c4c(sc3n3cnnc23)C[C@H](C)CC4)cc1. The van der Waals surface area contributed by atoms with Gasteiger partial charge in [-0.1, -0.05) is 6.92 Å². The number of fused-ring (bicyclic) bond motifs is 5. The molecule has 3 aromatic heterocycles. The Balaban J connectivity index is 1.86. The summed E-state index contributed by atoms with van der Waals surface area (Å²) in [5, 5.41) is 9.11. The molecule has 1 aromatic carbocycles. The van der Waals surface area contributed by atoms with Crippen LogP contribution in [0.15, 0.2) is 35.4 Å². The lowest BCUT2D eigenvalue weighted by molar-refractivity contribution is 0.414. The van der Waals surface area contributed by atoms with Gasteiger partial charge < -0.3 is 4.74 Å². The van der Waals surface area contributed by atoms with E-state index in [1.165, 1.54) is 10.4 Å². The normalized spacial score (nSPS) is 16.9. The molecule has 5 rings (SSSR count). The van der Waals surface area contributed by atoms with Gasteiger partial charge in [0.2, 0.25) is 5.78 Å². The number of rotatable bonds is 2. The van der Waals surface area contributed by atoms with Crippen LogP contribution < -0.4 is 10.3 Å². The predicted molar refractivity (Wildman–Crippen MR) is 102 cm³/mol. The average Bonchev–Trinajstić information content (AvgIpc) is 3.26. The van der Waals surface area contributed by atoms with Crippen LogP contribution in [0.4, 0.5) is 0 Å². The van der Waals surface area contributed by atoms with Gasteiger partial charge in [0.05, 0.1) is 18.2 Å². The summed E-state index contributed by atoms with van der Waals surface area (Å²) in [4.78, 5) is 15.8. The standard InChI is InChI=1S/C19H18N4O2S/c1-11-3-8-14-15(9-11)26-18-16(14)17(24)23(19-21-20-10-22(18)19)12-4-6-13(25-2)7-5-12/h4-7,10-11H,3,8-9H2,1-2H3/t11-/m1/s1. The van der Waals surface area contributed by atoms with E-state index in [9.17, 15) is 4.79 Å². The Morgan fingerprint density at radius 3 is 2.85 bits per heavy atom. The Hall–Kier alpha value is -2.67. The van der Waals surface area contributed by atoms with Gasteiger partial charge in [-0.2, -0.15) is 0 Å². The van der Waals surface area contributed by atoms with Crippen LogP contribution in [-0.2, 0) is 12.8 Å². The quantitative estimate of drug-likeness (QED) is 0.546. The molecule has 0 fully saturated rings. The van der Waals surface area contributed by atoms with Crippen LogP contribution in [0.25, 0.3) is 21.7 Å². The third kappa shape index (κ3) is 2.13. The highest BCUT2D eigenvalue weighted by Crippen LogP contribution is 2.37. The fourth-order valence-corrected chi connectivity index (χ4v) is 5.29. The molecule has 0 unspecified atom stereocenters. The first kappa shape index (κ1) is 15.6. The summed E-state index contributed by atoms with van der Waals surface area (Å²) in [6.45, 7) is 2.28. The van der Waals surface area contributed by atoms with Crippen molar-refractivity contribution in [3.63, 3.8) is 0 Å². The van der Waals surface area contributed by atoms with E-state index < -0.39 is 0 Å². The Morgan fingerprint density at radius 2 is 2.08 bits per heavy atom. The molecule has 132 valence electrons. The van der Waals surface area contributed by atoms with Crippen LogP contribution in [-0.4, -0.2) is 26.3 Å². The summed E-state index contributed by atoms with van der Waals surface area (Å²) < 4.78 is 8.82. The molecule has 0 amide bonds. The fraction of sp³-hybridized carbons (Fsp3) is 0.316. The molecule has 0 radical (unpaired) electrons. The van der Waals surface area contributed by atoms with E-state index in [2.05, 4.69) is 17.1 Å². The average molecular weight is 366 g/mol. The molecule has 26 heavy (non-hydrogen) atoms. The van der Waals surface area contributed by atoms with E-state index in [-0.39, 0.29) is 5.56 Å².